The van der Waals surface area contributed by atoms with Crippen LogP contribution in [0, 0.1) is 13.7 Å². The maximum Gasteiger partial charge on any atom is 0.136 e. The number of rotatable bonds is 1. The molecule has 5 aromatic carbocycles. The summed E-state index contributed by atoms with van der Waals surface area (Å²) in [6.07, 6.45) is 1.20. The van der Waals surface area contributed by atoms with E-state index in [9.17, 15) is 0 Å². The molecule has 7 rings (SSSR count). The predicted octanol–water partition coefficient (Wildman–Crippen LogP) is 8.72. The molecular formula is C31H21NO. The zero-order valence-electron chi connectivity index (χ0n) is 23.5. The molecule has 0 aliphatic carbocycles. The van der Waals surface area contributed by atoms with Crippen molar-refractivity contribution in [3.8, 4) is 11.1 Å². The molecule has 2 nitrogen and oxygen atoms in total. The molecule has 0 saturated heterocycles. The average molecular weight is 430 g/mol. The number of furan rings is 1. The van der Waals surface area contributed by atoms with Crippen LogP contribution in [0.25, 0.3) is 65.5 Å². The summed E-state index contributed by atoms with van der Waals surface area (Å²) < 4.78 is 56.1. The lowest BCUT2D eigenvalue weighted by Gasteiger charge is -2.14. The lowest BCUT2D eigenvalue weighted by atomic mass is 9.91. The minimum Gasteiger partial charge on any atom is -0.456 e. The minimum atomic E-state index is -2.69. The molecule has 0 fully saturated rings. The molecule has 0 atom stereocenters. The van der Waals surface area contributed by atoms with Crippen LogP contribution in [0.2, 0.25) is 0 Å². The van der Waals surface area contributed by atoms with Gasteiger partial charge in [0.25, 0.3) is 0 Å². The largest absolute Gasteiger partial charge is 0.456 e. The standard InChI is InChI=1S/C31H21NO/c1-18-17-32-31-24-11-7-6-10-22(24)23-14-15-26-29(30(23)28(31)19(18)2)25-13-12-21(16-27(25)33-26)20-8-4-3-5-9-20/h3-17H,1-2H3/i1D3,2D3. The molecule has 33 heavy (non-hydrogen) atoms. The maximum atomic E-state index is 8.45. The zero-order chi connectivity index (χ0) is 27.1. The fraction of sp³-hybridized carbons (Fsp3) is 0.0645. The molecule has 0 saturated carbocycles. The number of hydrogen-bond donors (Lipinski definition) is 0. The van der Waals surface area contributed by atoms with E-state index in [-0.39, 0.29) is 11.1 Å². The molecule has 0 N–H and O–H groups in total. The van der Waals surface area contributed by atoms with Gasteiger partial charge in [0.05, 0.1) is 5.52 Å². The van der Waals surface area contributed by atoms with Gasteiger partial charge in [0, 0.05) is 41.4 Å². The Hall–Kier alpha value is -4.17. The van der Waals surface area contributed by atoms with Crippen molar-refractivity contribution in [2.75, 3.05) is 0 Å². The highest BCUT2D eigenvalue weighted by Crippen LogP contribution is 2.43. The van der Waals surface area contributed by atoms with E-state index >= 15 is 0 Å². The SMILES string of the molecule is [2H]C([2H])([2H])c1cnc2c3ccccc3c3ccc4oc5cc(-c6ccccc6)ccc5c4c3c2c1C([2H])([2H])[2H]. The average Bonchev–Trinajstić information content (AvgIpc) is 3.29. The van der Waals surface area contributed by atoms with Crippen LogP contribution in [0.15, 0.2) is 95.5 Å². The minimum absolute atomic E-state index is 0.189. The Morgan fingerprint density at radius 2 is 1.45 bits per heavy atom. The Labute approximate surface area is 199 Å². The first kappa shape index (κ1) is 13.4. The Balaban J connectivity index is 1.74. The van der Waals surface area contributed by atoms with Gasteiger partial charge in [-0.1, -0.05) is 60.7 Å². The normalized spacial score (nSPS) is 15.4. The summed E-state index contributed by atoms with van der Waals surface area (Å²) >= 11 is 0. The fourth-order valence-electron chi connectivity index (χ4n) is 5.05. The second kappa shape index (κ2) is 6.66. The Morgan fingerprint density at radius 3 is 2.30 bits per heavy atom. The van der Waals surface area contributed by atoms with Crippen LogP contribution in [0.3, 0.4) is 0 Å². The lowest BCUT2D eigenvalue weighted by Crippen LogP contribution is -1.92. The van der Waals surface area contributed by atoms with Gasteiger partial charge in [-0.25, -0.2) is 0 Å². The van der Waals surface area contributed by atoms with E-state index in [1.54, 1.807) is 0 Å². The monoisotopic (exact) mass is 429 g/mol. The van der Waals surface area contributed by atoms with Crippen molar-refractivity contribution in [2.45, 2.75) is 13.7 Å². The molecule has 0 bridgehead atoms. The number of hydrogen-bond acceptors (Lipinski definition) is 2. The van der Waals surface area contributed by atoms with E-state index in [0.29, 0.717) is 27.5 Å². The van der Waals surface area contributed by atoms with Crippen molar-refractivity contribution in [3.05, 3.63) is 102 Å². The van der Waals surface area contributed by atoms with Gasteiger partial charge in [-0.05, 0) is 71.0 Å². The number of aromatic nitrogens is 1. The number of benzene rings is 5. The summed E-state index contributed by atoms with van der Waals surface area (Å²) in [6.45, 7) is -5.34. The van der Waals surface area contributed by atoms with Gasteiger partial charge >= 0.3 is 0 Å². The number of pyridine rings is 1. The second-order valence-corrected chi connectivity index (χ2v) is 8.36. The third kappa shape index (κ3) is 2.52. The van der Waals surface area contributed by atoms with Gasteiger partial charge in [0.2, 0.25) is 0 Å². The molecule has 156 valence electrons. The smallest absolute Gasteiger partial charge is 0.136 e. The number of aryl methyl sites for hydroxylation is 2. The van der Waals surface area contributed by atoms with Gasteiger partial charge in [-0.15, -0.1) is 0 Å². The molecule has 0 aliphatic rings. The highest BCUT2D eigenvalue weighted by atomic mass is 16.3. The van der Waals surface area contributed by atoms with Crippen LogP contribution in [0.5, 0.6) is 0 Å². The summed E-state index contributed by atoms with van der Waals surface area (Å²) in [7, 11) is 0. The molecular weight excluding hydrogens is 402 g/mol. The summed E-state index contributed by atoms with van der Waals surface area (Å²) in [5, 5.41) is 5.02. The van der Waals surface area contributed by atoms with E-state index in [1.165, 1.54) is 6.20 Å². The Bertz CT molecular complexity index is 2090. The second-order valence-electron chi connectivity index (χ2n) is 8.36. The van der Waals surface area contributed by atoms with E-state index in [2.05, 4.69) is 4.98 Å². The van der Waals surface area contributed by atoms with Crippen molar-refractivity contribution >= 4 is 54.4 Å². The van der Waals surface area contributed by atoms with Crippen LogP contribution >= 0.6 is 0 Å². The lowest BCUT2D eigenvalue weighted by molar-refractivity contribution is 0.669. The Morgan fingerprint density at radius 1 is 0.636 bits per heavy atom. The molecule has 0 aliphatic heterocycles. The molecule has 0 amide bonds. The first-order valence-electron chi connectivity index (χ1n) is 13.8. The third-order valence-corrected chi connectivity index (χ3v) is 6.55. The van der Waals surface area contributed by atoms with Gasteiger partial charge in [-0.3, -0.25) is 4.98 Å². The molecule has 0 spiro atoms. The Kier molecular flexibility index (Phi) is 2.70. The molecule has 0 radical (unpaired) electrons. The predicted molar refractivity (Wildman–Crippen MR) is 139 cm³/mol. The maximum absolute atomic E-state index is 8.45. The summed E-state index contributed by atoms with van der Waals surface area (Å²) in [6, 6.07) is 27.5. The molecule has 2 aromatic heterocycles. The summed E-state index contributed by atoms with van der Waals surface area (Å²) in [5.74, 6) is 0. The van der Waals surface area contributed by atoms with E-state index in [4.69, 9.17) is 12.6 Å². The van der Waals surface area contributed by atoms with E-state index in [0.717, 1.165) is 38.1 Å². The van der Waals surface area contributed by atoms with Crippen molar-refractivity contribution in [3.63, 3.8) is 0 Å². The van der Waals surface area contributed by atoms with E-state index in [1.807, 2.05) is 84.9 Å². The van der Waals surface area contributed by atoms with Crippen molar-refractivity contribution in [2.24, 2.45) is 0 Å². The van der Waals surface area contributed by atoms with Crippen LogP contribution < -0.4 is 0 Å². The first-order chi connectivity index (χ1) is 18.6. The number of nitrogens with zero attached hydrogens (tertiary/aromatic N) is 1. The van der Waals surface area contributed by atoms with Crippen molar-refractivity contribution < 1.29 is 12.6 Å². The molecule has 2 heterocycles. The van der Waals surface area contributed by atoms with E-state index < -0.39 is 13.7 Å². The zero-order valence-corrected chi connectivity index (χ0v) is 17.5. The molecule has 2 heteroatoms. The molecule has 7 aromatic rings. The van der Waals surface area contributed by atoms with Crippen LogP contribution in [-0.4, -0.2) is 4.98 Å². The summed E-state index contributed by atoms with van der Waals surface area (Å²) in [5.41, 5.74) is 3.31. The highest BCUT2D eigenvalue weighted by Gasteiger charge is 2.18. The van der Waals surface area contributed by atoms with Crippen molar-refractivity contribution in [1.82, 2.24) is 4.98 Å². The van der Waals surface area contributed by atoms with Crippen LogP contribution in [0.1, 0.15) is 19.4 Å². The van der Waals surface area contributed by atoms with Gasteiger partial charge < -0.3 is 4.42 Å². The van der Waals surface area contributed by atoms with Crippen molar-refractivity contribution in [1.29, 1.82) is 0 Å². The van der Waals surface area contributed by atoms with Gasteiger partial charge in [-0.2, -0.15) is 0 Å². The quantitative estimate of drug-likeness (QED) is 0.244. The number of fused-ring (bicyclic) bond motifs is 10. The highest BCUT2D eigenvalue weighted by molar-refractivity contribution is 6.34. The van der Waals surface area contributed by atoms with Gasteiger partial charge in [0.1, 0.15) is 11.2 Å². The van der Waals surface area contributed by atoms with Crippen LogP contribution in [0.4, 0.5) is 0 Å². The summed E-state index contributed by atoms with van der Waals surface area (Å²) in [4.78, 5) is 4.58. The molecule has 0 unspecified atom stereocenters. The van der Waals surface area contributed by atoms with Gasteiger partial charge in [0.15, 0.2) is 0 Å². The topological polar surface area (TPSA) is 26.0 Å². The van der Waals surface area contributed by atoms with Crippen LogP contribution in [-0.2, 0) is 0 Å². The third-order valence-electron chi connectivity index (χ3n) is 6.55. The fourth-order valence-corrected chi connectivity index (χ4v) is 5.05. The first-order valence-corrected chi connectivity index (χ1v) is 10.8.